The molecule has 1 aliphatic carbocycles. The fraction of sp³-hybridized carbons (Fsp3) is 0.545. The van der Waals surface area contributed by atoms with E-state index in [1.807, 2.05) is 0 Å². The molecule has 0 atom stereocenters. The molecule has 2 aliphatic rings. The normalized spacial score (nSPS) is 18.7. The number of piperazine rings is 1. The number of rotatable bonds is 4. The Morgan fingerprint density at radius 3 is 2.47 bits per heavy atom. The van der Waals surface area contributed by atoms with Gasteiger partial charge in [-0.05, 0) is 37.1 Å². The van der Waals surface area contributed by atoms with Crippen LogP contribution in [0.1, 0.15) is 43.5 Å². The van der Waals surface area contributed by atoms with Gasteiger partial charge in [-0.1, -0.05) is 36.9 Å². The Balaban J connectivity index is 1.40. The highest BCUT2D eigenvalue weighted by Crippen LogP contribution is 2.30. The molecule has 6 nitrogen and oxygen atoms in total. The third-order valence-corrected chi connectivity index (χ3v) is 6.47. The third-order valence-electron chi connectivity index (χ3n) is 6.24. The van der Waals surface area contributed by atoms with Crippen molar-refractivity contribution in [2.24, 2.45) is 0 Å². The molecule has 1 saturated heterocycles. The summed E-state index contributed by atoms with van der Waals surface area (Å²) < 4.78 is 40.9. The van der Waals surface area contributed by atoms with Gasteiger partial charge in [-0.15, -0.1) is 0 Å². The van der Waals surface area contributed by atoms with E-state index in [1.54, 1.807) is 23.1 Å². The maximum atomic E-state index is 13.3. The van der Waals surface area contributed by atoms with E-state index in [0.29, 0.717) is 29.8 Å². The Labute approximate surface area is 190 Å². The first-order valence-electron chi connectivity index (χ1n) is 11.0. The van der Waals surface area contributed by atoms with Gasteiger partial charge in [-0.3, -0.25) is 4.90 Å². The first-order chi connectivity index (χ1) is 15.3. The van der Waals surface area contributed by atoms with Crippen LogP contribution in [-0.4, -0.2) is 57.8 Å². The van der Waals surface area contributed by atoms with Crippen LogP contribution in [-0.2, 0) is 12.7 Å². The molecule has 1 N–H and O–H groups in total. The summed E-state index contributed by atoms with van der Waals surface area (Å²) in [6.07, 6.45) is 1.71. The smallest absolute Gasteiger partial charge is 0.332 e. The number of carbonyl (C=O) groups is 1. The fourth-order valence-corrected chi connectivity index (χ4v) is 4.71. The van der Waals surface area contributed by atoms with Gasteiger partial charge >= 0.3 is 12.2 Å². The van der Waals surface area contributed by atoms with Crippen LogP contribution in [0.5, 0.6) is 0 Å². The van der Waals surface area contributed by atoms with E-state index in [4.69, 9.17) is 11.6 Å². The number of urea groups is 1. The molecule has 0 unspecified atom stereocenters. The second-order valence-electron chi connectivity index (χ2n) is 8.38. The first-order valence-corrected chi connectivity index (χ1v) is 11.4. The van der Waals surface area contributed by atoms with Crippen LogP contribution in [0.25, 0.3) is 5.69 Å². The van der Waals surface area contributed by atoms with Crippen LogP contribution in [0.4, 0.5) is 18.0 Å². The minimum absolute atomic E-state index is 0.0722. The standard InChI is InChI=1S/C22H27ClF3N5O/c23-16-5-4-8-18(13-16)31-19(14-20(28-31)22(24,25)26)15-27-21(32)30-11-9-29(10-12-30)17-6-2-1-3-7-17/h4-5,8,13-14,17H,1-3,6-7,9-12,15H2,(H,27,32). The molecule has 2 amide bonds. The van der Waals surface area contributed by atoms with Crippen LogP contribution in [0.2, 0.25) is 5.02 Å². The van der Waals surface area contributed by atoms with Crippen LogP contribution < -0.4 is 5.32 Å². The Morgan fingerprint density at radius 1 is 1.09 bits per heavy atom. The van der Waals surface area contributed by atoms with Crippen molar-refractivity contribution < 1.29 is 18.0 Å². The molecule has 0 bridgehead atoms. The molecule has 1 aromatic heterocycles. The molecule has 32 heavy (non-hydrogen) atoms. The van der Waals surface area contributed by atoms with E-state index in [1.165, 1.54) is 42.9 Å². The molecule has 0 radical (unpaired) electrons. The number of carbonyl (C=O) groups excluding carboxylic acids is 1. The van der Waals surface area contributed by atoms with Crippen molar-refractivity contribution in [2.45, 2.75) is 50.9 Å². The van der Waals surface area contributed by atoms with Gasteiger partial charge in [0.25, 0.3) is 0 Å². The minimum atomic E-state index is -4.59. The Kier molecular flexibility index (Phi) is 6.95. The molecule has 1 saturated carbocycles. The SMILES string of the molecule is O=C(NCc1cc(C(F)(F)F)nn1-c1cccc(Cl)c1)N1CCN(C2CCCCC2)CC1. The summed E-state index contributed by atoms with van der Waals surface area (Å²) in [7, 11) is 0. The number of aromatic nitrogens is 2. The monoisotopic (exact) mass is 469 g/mol. The third kappa shape index (κ3) is 5.38. The molecular weight excluding hydrogens is 443 g/mol. The lowest BCUT2D eigenvalue weighted by Crippen LogP contribution is -2.54. The lowest BCUT2D eigenvalue weighted by molar-refractivity contribution is -0.141. The summed E-state index contributed by atoms with van der Waals surface area (Å²) in [5, 5.41) is 6.85. The quantitative estimate of drug-likeness (QED) is 0.706. The zero-order valence-corrected chi connectivity index (χ0v) is 18.5. The number of nitrogens with one attached hydrogen (secondary N) is 1. The van der Waals surface area contributed by atoms with Crippen LogP contribution in [0.15, 0.2) is 30.3 Å². The summed E-state index contributed by atoms with van der Waals surface area (Å²) in [4.78, 5) is 16.9. The molecule has 0 spiro atoms. The van der Waals surface area contributed by atoms with Crippen molar-refractivity contribution in [1.82, 2.24) is 24.9 Å². The highest BCUT2D eigenvalue weighted by atomic mass is 35.5. The Morgan fingerprint density at radius 2 is 1.81 bits per heavy atom. The molecule has 174 valence electrons. The van der Waals surface area contributed by atoms with Crippen molar-refractivity contribution in [3.63, 3.8) is 0 Å². The largest absolute Gasteiger partial charge is 0.435 e. The number of amides is 2. The van der Waals surface area contributed by atoms with E-state index < -0.39 is 11.9 Å². The number of hydrogen-bond acceptors (Lipinski definition) is 3. The number of benzene rings is 1. The average Bonchev–Trinajstić information content (AvgIpc) is 3.23. The van der Waals surface area contributed by atoms with Gasteiger partial charge in [0.15, 0.2) is 5.69 Å². The molecule has 1 aromatic carbocycles. The number of hydrogen-bond donors (Lipinski definition) is 1. The van der Waals surface area contributed by atoms with E-state index in [0.717, 1.165) is 19.2 Å². The average molecular weight is 470 g/mol. The van der Waals surface area contributed by atoms with E-state index in [2.05, 4.69) is 15.3 Å². The van der Waals surface area contributed by atoms with E-state index >= 15 is 0 Å². The molecule has 4 rings (SSSR count). The molecule has 2 aromatic rings. The Bertz CT molecular complexity index is 934. The predicted octanol–water partition coefficient (Wildman–Crippen LogP) is 4.70. The van der Waals surface area contributed by atoms with Gasteiger partial charge in [0.1, 0.15) is 0 Å². The number of nitrogens with zero attached hydrogens (tertiary/aromatic N) is 4. The zero-order chi connectivity index (χ0) is 22.7. The van der Waals surface area contributed by atoms with Crippen molar-refractivity contribution in [3.05, 3.63) is 46.7 Å². The highest BCUT2D eigenvalue weighted by Gasteiger charge is 2.35. The van der Waals surface area contributed by atoms with Gasteiger partial charge in [0.05, 0.1) is 17.9 Å². The van der Waals surface area contributed by atoms with Crippen LogP contribution in [0, 0.1) is 0 Å². The van der Waals surface area contributed by atoms with Crippen LogP contribution in [0.3, 0.4) is 0 Å². The maximum absolute atomic E-state index is 13.3. The van der Waals surface area contributed by atoms with Gasteiger partial charge in [-0.25, -0.2) is 9.48 Å². The van der Waals surface area contributed by atoms with Crippen molar-refractivity contribution in [3.8, 4) is 5.69 Å². The highest BCUT2D eigenvalue weighted by molar-refractivity contribution is 6.30. The summed E-state index contributed by atoms with van der Waals surface area (Å²) in [6.45, 7) is 2.82. The topological polar surface area (TPSA) is 53.4 Å². The second kappa shape index (κ2) is 9.70. The maximum Gasteiger partial charge on any atom is 0.435 e. The van der Waals surface area contributed by atoms with Crippen molar-refractivity contribution in [1.29, 1.82) is 0 Å². The lowest BCUT2D eigenvalue weighted by atomic mass is 9.94. The van der Waals surface area contributed by atoms with Crippen LogP contribution >= 0.6 is 11.6 Å². The summed E-state index contributed by atoms with van der Waals surface area (Å²) >= 11 is 6.00. The molecule has 2 heterocycles. The molecule has 1 aliphatic heterocycles. The van der Waals surface area contributed by atoms with Gasteiger partial charge in [0, 0.05) is 37.2 Å². The zero-order valence-electron chi connectivity index (χ0n) is 17.7. The fourth-order valence-electron chi connectivity index (χ4n) is 4.53. The van der Waals surface area contributed by atoms with Crippen molar-refractivity contribution in [2.75, 3.05) is 26.2 Å². The Hall–Kier alpha value is -2.26. The van der Waals surface area contributed by atoms with Gasteiger partial charge in [-0.2, -0.15) is 18.3 Å². The first kappa shape index (κ1) is 22.9. The van der Waals surface area contributed by atoms with E-state index in [-0.39, 0.29) is 18.3 Å². The minimum Gasteiger partial charge on any atom is -0.332 e. The predicted molar refractivity (Wildman–Crippen MR) is 116 cm³/mol. The summed E-state index contributed by atoms with van der Waals surface area (Å²) in [5.41, 5.74) is -0.380. The van der Waals surface area contributed by atoms with Crippen molar-refractivity contribution >= 4 is 17.6 Å². The number of alkyl halides is 3. The van der Waals surface area contributed by atoms with E-state index in [9.17, 15) is 18.0 Å². The summed E-state index contributed by atoms with van der Waals surface area (Å²) in [5.74, 6) is 0. The second-order valence-corrected chi connectivity index (χ2v) is 8.82. The summed E-state index contributed by atoms with van der Waals surface area (Å²) in [6, 6.07) is 7.72. The van der Waals surface area contributed by atoms with Gasteiger partial charge in [0.2, 0.25) is 0 Å². The number of halogens is 4. The molecule has 10 heteroatoms. The lowest BCUT2D eigenvalue weighted by Gasteiger charge is -2.40. The molecular formula is C22H27ClF3N5O. The molecule has 2 fully saturated rings. The van der Waals surface area contributed by atoms with Gasteiger partial charge < -0.3 is 10.2 Å².